The molecule has 5 aromatic rings. The molecule has 6 heteroatoms. The predicted octanol–water partition coefficient (Wildman–Crippen LogP) is 5.57. The SMILES string of the molecule is Cc1ccc(C)c(CSc2nnc3c4cc(-c5ccc(C)c(C)c5)nn4ccn23)c1. The lowest BCUT2D eigenvalue weighted by Gasteiger charge is -2.06. The van der Waals surface area contributed by atoms with Crippen LogP contribution in [0.4, 0.5) is 0 Å². The first-order valence-corrected chi connectivity index (χ1v) is 11.0. The zero-order chi connectivity index (χ0) is 20.8. The van der Waals surface area contributed by atoms with Gasteiger partial charge in [-0.05, 0) is 62.1 Å². The summed E-state index contributed by atoms with van der Waals surface area (Å²) in [5.41, 5.74) is 10.3. The highest BCUT2D eigenvalue weighted by atomic mass is 32.2. The Morgan fingerprint density at radius 3 is 2.50 bits per heavy atom. The summed E-state index contributed by atoms with van der Waals surface area (Å²) in [6.07, 6.45) is 3.96. The third kappa shape index (κ3) is 3.27. The monoisotopic (exact) mass is 413 g/mol. The minimum Gasteiger partial charge on any atom is -0.274 e. The number of hydrogen-bond donors (Lipinski definition) is 0. The van der Waals surface area contributed by atoms with Crippen LogP contribution < -0.4 is 0 Å². The number of aromatic nitrogens is 5. The zero-order valence-corrected chi connectivity index (χ0v) is 18.4. The fraction of sp³-hybridized carbons (Fsp3) is 0.208. The molecular formula is C24H23N5S. The molecule has 0 saturated heterocycles. The van der Waals surface area contributed by atoms with E-state index in [2.05, 4.69) is 84.8 Å². The molecular weight excluding hydrogens is 390 g/mol. The fourth-order valence-corrected chi connectivity index (χ4v) is 4.61. The van der Waals surface area contributed by atoms with E-state index in [9.17, 15) is 0 Å². The molecule has 0 unspecified atom stereocenters. The van der Waals surface area contributed by atoms with Crippen LogP contribution >= 0.6 is 11.8 Å². The van der Waals surface area contributed by atoms with Gasteiger partial charge in [0.2, 0.25) is 0 Å². The second-order valence-electron chi connectivity index (χ2n) is 7.85. The van der Waals surface area contributed by atoms with Crippen LogP contribution in [0, 0.1) is 27.7 Å². The van der Waals surface area contributed by atoms with E-state index in [0.717, 1.165) is 33.3 Å². The molecule has 0 radical (unpaired) electrons. The fourth-order valence-electron chi connectivity index (χ4n) is 3.63. The molecule has 0 saturated carbocycles. The molecule has 0 bridgehead atoms. The van der Waals surface area contributed by atoms with Crippen LogP contribution in [0.5, 0.6) is 0 Å². The Hall–Kier alpha value is -3.12. The van der Waals surface area contributed by atoms with Crippen LogP contribution in [-0.4, -0.2) is 24.2 Å². The van der Waals surface area contributed by atoms with Gasteiger partial charge in [0.05, 0.1) is 5.69 Å². The summed E-state index contributed by atoms with van der Waals surface area (Å²) in [5.74, 6) is 0.868. The van der Waals surface area contributed by atoms with Crippen molar-refractivity contribution in [3.8, 4) is 11.3 Å². The number of aryl methyl sites for hydroxylation is 4. The van der Waals surface area contributed by atoms with Gasteiger partial charge in [-0.15, -0.1) is 10.2 Å². The van der Waals surface area contributed by atoms with Gasteiger partial charge in [0.25, 0.3) is 0 Å². The van der Waals surface area contributed by atoms with E-state index in [1.807, 2.05) is 16.9 Å². The number of rotatable bonds is 4. The highest BCUT2D eigenvalue weighted by Crippen LogP contribution is 2.27. The number of thioether (sulfide) groups is 1. The molecule has 5 nitrogen and oxygen atoms in total. The topological polar surface area (TPSA) is 47.5 Å². The van der Waals surface area contributed by atoms with E-state index < -0.39 is 0 Å². The van der Waals surface area contributed by atoms with Crippen molar-refractivity contribution in [2.45, 2.75) is 38.6 Å². The third-order valence-electron chi connectivity index (χ3n) is 5.65. The van der Waals surface area contributed by atoms with Gasteiger partial charge in [-0.1, -0.05) is 47.7 Å². The second-order valence-corrected chi connectivity index (χ2v) is 8.79. The van der Waals surface area contributed by atoms with Gasteiger partial charge in [0.1, 0.15) is 5.52 Å². The lowest BCUT2D eigenvalue weighted by molar-refractivity contribution is 0.895. The van der Waals surface area contributed by atoms with Gasteiger partial charge in [-0.25, -0.2) is 4.52 Å². The standard InChI is InChI=1S/C24H23N5S/c1-15-5-6-17(3)20(11-15)14-30-24-26-25-23-22-13-21(27-29(22)10-9-28(23)24)19-8-7-16(2)18(4)12-19/h5-13H,14H2,1-4H3. The molecule has 5 rings (SSSR count). The zero-order valence-electron chi connectivity index (χ0n) is 17.5. The molecule has 2 aromatic carbocycles. The number of fused-ring (bicyclic) bond motifs is 3. The maximum absolute atomic E-state index is 4.76. The van der Waals surface area contributed by atoms with Gasteiger partial charge in [-0.2, -0.15) is 5.10 Å². The van der Waals surface area contributed by atoms with Gasteiger partial charge in [0, 0.05) is 23.7 Å². The Labute approximate surface area is 179 Å². The minimum absolute atomic E-state index is 0.823. The normalized spacial score (nSPS) is 11.6. The molecule has 30 heavy (non-hydrogen) atoms. The van der Waals surface area contributed by atoms with Gasteiger partial charge in [0.15, 0.2) is 10.8 Å². The smallest absolute Gasteiger partial charge is 0.196 e. The van der Waals surface area contributed by atoms with E-state index >= 15 is 0 Å². The number of nitrogens with zero attached hydrogens (tertiary/aromatic N) is 5. The van der Waals surface area contributed by atoms with Crippen LogP contribution in [0.25, 0.3) is 22.4 Å². The largest absolute Gasteiger partial charge is 0.274 e. The highest BCUT2D eigenvalue weighted by Gasteiger charge is 2.13. The van der Waals surface area contributed by atoms with Gasteiger partial charge < -0.3 is 0 Å². The first-order chi connectivity index (χ1) is 14.5. The Kier molecular flexibility index (Phi) is 4.59. The predicted molar refractivity (Wildman–Crippen MR) is 122 cm³/mol. The first-order valence-electron chi connectivity index (χ1n) is 9.99. The highest BCUT2D eigenvalue weighted by molar-refractivity contribution is 7.98. The van der Waals surface area contributed by atoms with Crippen LogP contribution in [-0.2, 0) is 5.75 Å². The van der Waals surface area contributed by atoms with Crippen molar-refractivity contribution in [2.24, 2.45) is 0 Å². The van der Waals surface area contributed by atoms with E-state index in [0.29, 0.717) is 0 Å². The van der Waals surface area contributed by atoms with Crippen LogP contribution in [0.2, 0.25) is 0 Å². The summed E-state index contributed by atoms with van der Waals surface area (Å²) in [6.45, 7) is 8.54. The lowest BCUT2D eigenvalue weighted by Crippen LogP contribution is -1.94. The Bertz CT molecular complexity index is 1400. The van der Waals surface area contributed by atoms with E-state index in [1.54, 1.807) is 11.8 Å². The molecule has 0 aliphatic heterocycles. The van der Waals surface area contributed by atoms with Crippen LogP contribution in [0.3, 0.4) is 0 Å². The summed E-state index contributed by atoms with van der Waals surface area (Å²) >= 11 is 1.71. The molecule has 0 atom stereocenters. The quantitative estimate of drug-likeness (QED) is 0.361. The van der Waals surface area contributed by atoms with E-state index in [-0.39, 0.29) is 0 Å². The van der Waals surface area contributed by atoms with Crippen molar-refractivity contribution in [1.29, 1.82) is 0 Å². The molecule has 0 fully saturated rings. The molecule has 3 aromatic heterocycles. The molecule has 0 amide bonds. The Morgan fingerprint density at radius 2 is 1.67 bits per heavy atom. The van der Waals surface area contributed by atoms with Crippen molar-refractivity contribution >= 4 is 22.9 Å². The van der Waals surface area contributed by atoms with Gasteiger partial charge >= 0.3 is 0 Å². The Morgan fingerprint density at radius 1 is 0.833 bits per heavy atom. The summed E-state index contributed by atoms with van der Waals surface area (Å²) in [6, 6.07) is 15.1. The second kappa shape index (κ2) is 7.29. The van der Waals surface area contributed by atoms with Gasteiger partial charge in [-0.3, -0.25) is 4.40 Å². The van der Waals surface area contributed by atoms with E-state index in [1.165, 1.54) is 27.8 Å². The van der Waals surface area contributed by atoms with E-state index in [4.69, 9.17) is 5.10 Å². The molecule has 0 N–H and O–H groups in total. The lowest BCUT2D eigenvalue weighted by atomic mass is 10.0. The summed E-state index contributed by atoms with van der Waals surface area (Å²) in [7, 11) is 0. The minimum atomic E-state index is 0.823. The van der Waals surface area contributed by atoms with Crippen molar-refractivity contribution in [3.05, 3.63) is 82.7 Å². The summed E-state index contributed by atoms with van der Waals surface area (Å²) < 4.78 is 3.94. The van der Waals surface area contributed by atoms with Crippen molar-refractivity contribution in [1.82, 2.24) is 24.2 Å². The van der Waals surface area contributed by atoms with Crippen molar-refractivity contribution in [2.75, 3.05) is 0 Å². The third-order valence-corrected chi connectivity index (χ3v) is 6.64. The average Bonchev–Trinajstić information content (AvgIpc) is 3.34. The summed E-state index contributed by atoms with van der Waals surface area (Å²) in [4.78, 5) is 0. The molecule has 3 heterocycles. The van der Waals surface area contributed by atoms with Crippen LogP contribution in [0.15, 0.2) is 60.0 Å². The van der Waals surface area contributed by atoms with Crippen LogP contribution in [0.1, 0.15) is 27.8 Å². The number of hydrogen-bond acceptors (Lipinski definition) is 4. The maximum atomic E-state index is 4.76. The summed E-state index contributed by atoms with van der Waals surface area (Å²) in [5, 5.41) is 14.6. The maximum Gasteiger partial charge on any atom is 0.196 e. The molecule has 0 aliphatic carbocycles. The molecule has 150 valence electrons. The average molecular weight is 414 g/mol. The molecule has 0 spiro atoms. The Balaban J connectivity index is 1.50. The number of benzene rings is 2. The first kappa shape index (κ1) is 18.9. The molecule has 0 aliphatic rings. The van der Waals surface area contributed by atoms with Crippen molar-refractivity contribution < 1.29 is 0 Å². The van der Waals surface area contributed by atoms with Crippen molar-refractivity contribution in [3.63, 3.8) is 0 Å².